The predicted octanol–water partition coefficient (Wildman–Crippen LogP) is 4.04. The van der Waals surface area contributed by atoms with Gasteiger partial charge in [-0.15, -0.1) is 5.10 Å². The molecule has 0 bridgehead atoms. The molecule has 1 heterocycles. The predicted molar refractivity (Wildman–Crippen MR) is 107 cm³/mol. The Labute approximate surface area is 171 Å². The second-order valence-electron chi connectivity index (χ2n) is 6.10. The largest absolute Gasteiger partial charge is 0.435 e. The highest BCUT2D eigenvalue weighted by molar-refractivity contribution is 7.99. The van der Waals surface area contributed by atoms with Crippen molar-refractivity contribution in [2.75, 3.05) is 5.75 Å². The number of nitrogens with zero attached hydrogens (tertiary/aromatic N) is 2. The van der Waals surface area contributed by atoms with Gasteiger partial charge in [-0.05, 0) is 29.7 Å². The fourth-order valence-electron chi connectivity index (χ4n) is 2.51. The number of rotatable bonds is 9. The smallest absolute Gasteiger partial charge is 0.387 e. The Morgan fingerprint density at radius 2 is 1.83 bits per heavy atom. The monoisotopic (exact) mass is 418 g/mol. The van der Waals surface area contributed by atoms with Gasteiger partial charge in [-0.25, -0.2) is 4.98 Å². The second-order valence-corrected chi connectivity index (χ2v) is 7.05. The van der Waals surface area contributed by atoms with Crippen LogP contribution < -0.4 is 10.1 Å². The van der Waals surface area contributed by atoms with E-state index in [2.05, 4.69) is 32.2 Å². The van der Waals surface area contributed by atoms with Crippen LogP contribution in [-0.4, -0.2) is 33.5 Å². The molecule has 9 heteroatoms. The molecule has 3 rings (SSSR count). The quantitative estimate of drug-likeness (QED) is 0.513. The van der Waals surface area contributed by atoms with Gasteiger partial charge in [0.05, 0.1) is 5.75 Å². The van der Waals surface area contributed by atoms with Gasteiger partial charge in [0, 0.05) is 12.1 Å². The lowest BCUT2D eigenvalue weighted by Gasteiger charge is -2.07. The molecule has 0 saturated carbocycles. The van der Waals surface area contributed by atoms with Gasteiger partial charge in [-0.2, -0.15) is 8.78 Å². The molecular formula is C20H20F2N4O2S. The fourth-order valence-corrected chi connectivity index (χ4v) is 3.14. The number of hydrogen-bond acceptors (Lipinski definition) is 5. The van der Waals surface area contributed by atoms with Crippen molar-refractivity contribution in [2.24, 2.45) is 0 Å². The lowest BCUT2D eigenvalue weighted by molar-refractivity contribution is -0.118. The summed E-state index contributed by atoms with van der Waals surface area (Å²) in [5.74, 6) is 0.720. The first-order valence-electron chi connectivity index (χ1n) is 8.98. The van der Waals surface area contributed by atoms with Crippen molar-refractivity contribution >= 4 is 17.7 Å². The zero-order chi connectivity index (χ0) is 20.6. The van der Waals surface area contributed by atoms with Crippen molar-refractivity contribution in [2.45, 2.75) is 31.7 Å². The lowest BCUT2D eigenvalue weighted by Crippen LogP contribution is -2.24. The lowest BCUT2D eigenvalue weighted by atomic mass is 10.1. The fraction of sp³-hybridized carbons (Fsp3) is 0.250. The van der Waals surface area contributed by atoms with Crippen LogP contribution in [0.25, 0.3) is 11.4 Å². The minimum Gasteiger partial charge on any atom is -0.435 e. The minimum atomic E-state index is -2.86. The van der Waals surface area contributed by atoms with Crippen molar-refractivity contribution in [1.29, 1.82) is 0 Å². The molecule has 29 heavy (non-hydrogen) atoms. The van der Waals surface area contributed by atoms with Crippen molar-refractivity contribution in [3.05, 3.63) is 59.7 Å². The van der Waals surface area contributed by atoms with E-state index in [1.54, 1.807) is 12.1 Å². The number of benzene rings is 2. The molecule has 2 N–H and O–H groups in total. The van der Waals surface area contributed by atoms with E-state index < -0.39 is 6.61 Å². The van der Waals surface area contributed by atoms with Crippen LogP contribution >= 0.6 is 11.8 Å². The Hall–Kier alpha value is -2.94. The number of H-pyrrole nitrogens is 1. The number of nitrogens with one attached hydrogen (secondary N) is 2. The van der Waals surface area contributed by atoms with Gasteiger partial charge in [0.25, 0.3) is 0 Å². The summed E-state index contributed by atoms with van der Waals surface area (Å²) in [5, 5.41) is 10.3. The summed E-state index contributed by atoms with van der Waals surface area (Å²) in [6.45, 7) is -0.471. The molecule has 6 nitrogen and oxygen atoms in total. The maximum Gasteiger partial charge on any atom is 0.387 e. The van der Waals surface area contributed by atoms with Crippen molar-refractivity contribution in [1.82, 2.24) is 20.5 Å². The summed E-state index contributed by atoms with van der Waals surface area (Å²) in [5.41, 5.74) is 2.96. The van der Waals surface area contributed by atoms with Gasteiger partial charge < -0.3 is 10.1 Å². The number of aromatic amines is 1. The number of ether oxygens (including phenoxy) is 1. The van der Waals surface area contributed by atoms with Crippen LogP contribution in [0, 0.1) is 0 Å². The third-order valence-corrected chi connectivity index (χ3v) is 4.92. The molecule has 0 aliphatic heterocycles. The number of aryl methyl sites for hydroxylation is 1. The summed E-state index contributed by atoms with van der Waals surface area (Å²) in [7, 11) is 0. The van der Waals surface area contributed by atoms with Crippen molar-refractivity contribution in [3.63, 3.8) is 0 Å². The summed E-state index contributed by atoms with van der Waals surface area (Å²) >= 11 is 1.23. The molecule has 0 aliphatic rings. The van der Waals surface area contributed by atoms with E-state index in [1.807, 2.05) is 24.3 Å². The molecule has 3 aromatic rings. The summed E-state index contributed by atoms with van der Waals surface area (Å²) in [6.07, 6.45) is 0.973. The van der Waals surface area contributed by atoms with Gasteiger partial charge in [0.15, 0.2) is 5.82 Å². The van der Waals surface area contributed by atoms with Crippen LogP contribution in [0.3, 0.4) is 0 Å². The van der Waals surface area contributed by atoms with E-state index in [9.17, 15) is 13.6 Å². The number of alkyl halides is 2. The average Bonchev–Trinajstić information content (AvgIpc) is 3.20. The molecule has 0 atom stereocenters. The van der Waals surface area contributed by atoms with Gasteiger partial charge in [0.2, 0.25) is 11.1 Å². The molecule has 0 unspecified atom stereocenters. The first kappa shape index (κ1) is 20.8. The third-order valence-electron chi connectivity index (χ3n) is 4.07. The number of aromatic nitrogens is 3. The van der Waals surface area contributed by atoms with Crippen molar-refractivity contribution in [3.8, 4) is 17.1 Å². The molecule has 0 spiro atoms. The molecule has 1 aromatic heterocycles. The molecule has 0 fully saturated rings. The van der Waals surface area contributed by atoms with Gasteiger partial charge >= 0.3 is 6.61 Å². The number of amides is 1. The highest BCUT2D eigenvalue weighted by Crippen LogP contribution is 2.20. The Bertz CT molecular complexity index is 930. The number of halogens is 2. The molecule has 152 valence electrons. The van der Waals surface area contributed by atoms with Gasteiger partial charge in [-0.1, -0.05) is 55.1 Å². The Morgan fingerprint density at radius 1 is 1.14 bits per heavy atom. The summed E-state index contributed by atoms with van der Waals surface area (Å²) in [6, 6.07) is 14.2. The first-order valence-corrected chi connectivity index (χ1v) is 9.97. The van der Waals surface area contributed by atoms with Crippen LogP contribution in [0.1, 0.15) is 18.1 Å². The zero-order valence-corrected chi connectivity index (χ0v) is 16.5. The molecule has 0 aliphatic carbocycles. The highest BCUT2D eigenvalue weighted by Gasteiger charge is 2.09. The van der Waals surface area contributed by atoms with E-state index in [0.29, 0.717) is 11.0 Å². The van der Waals surface area contributed by atoms with Crippen LogP contribution in [0.4, 0.5) is 8.78 Å². The second kappa shape index (κ2) is 10.0. The van der Waals surface area contributed by atoms with Crippen LogP contribution in [0.5, 0.6) is 5.75 Å². The molecule has 0 saturated heterocycles. The topological polar surface area (TPSA) is 79.9 Å². The minimum absolute atomic E-state index is 0.0791. The SMILES string of the molecule is CCc1ccc(-c2nc(SCC(=O)NCc3ccc(OC(F)F)cc3)n[nH]2)cc1. The van der Waals surface area contributed by atoms with E-state index >= 15 is 0 Å². The standard InChI is InChI=1S/C20H20F2N4O2S/c1-2-13-3-7-15(8-4-13)18-24-20(26-25-18)29-12-17(27)23-11-14-5-9-16(10-6-14)28-19(21)22/h3-10,19H,2,11-12H2,1H3,(H,23,27)(H,24,25,26). The number of carbonyl (C=O) groups is 1. The Balaban J connectivity index is 1.45. The normalized spacial score (nSPS) is 10.9. The van der Waals surface area contributed by atoms with Crippen LogP contribution in [-0.2, 0) is 17.8 Å². The van der Waals surface area contributed by atoms with Gasteiger partial charge in [0.1, 0.15) is 5.75 Å². The number of carbonyl (C=O) groups excluding carboxylic acids is 1. The van der Waals surface area contributed by atoms with Crippen LogP contribution in [0.2, 0.25) is 0 Å². The number of hydrogen-bond donors (Lipinski definition) is 2. The molecule has 2 aromatic carbocycles. The summed E-state index contributed by atoms with van der Waals surface area (Å²) < 4.78 is 28.6. The van der Waals surface area contributed by atoms with Crippen LogP contribution in [0.15, 0.2) is 53.7 Å². The van der Waals surface area contributed by atoms with Gasteiger partial charge in [-0.3, -0.25) is 9.89 Å². The molecular weight excluding hydrogens is 398 g/mol. The van der Waals surface area contributed by atoms with E-state index in [0.717, 1.165) is 17.5 Å². The zero-order valence-electron chi connectivity index (χ0n) is 15.7. The van der Waals surface area contributed by atoms with E-state index in [1.165, 1.54) is 29.5 Å². The maximum atomic E-state index is 12.1. The Morgan fingerprint density at radius 3 is 2.48 bits per heavy atom. The third kappa shape index (κ3) is 6.28. The Kier molecular flexibility index (Phi) is 7.18. The maximum absolute atomic E-state index is 12.1. The molecule has 0 radical (unpaired) electrons. The van der Waals surface area contributed by atoms with E-state index in [-0.39, 0.29) is 24.0 Å². The first-order chi connectivity index (χ1) is 14.0. The van der Waals surface area contributed by atoms with Crippen molar-refractivity contribution < 1.29 is 18.3 Å². The average molecular weight is 418 g/mol. The summed E-state index contributed by atoms with van der Waals surface area (Å²) in [4.78, 5) is 16.4. The molecule has 1 amide bonds. The number of thioether (sulfide) groups is 1. The highest BCUT2D eigenvalue weighted by atomic mass is 32.2. The van der Waals surface area contributed by atoms with E-state index in [4.69, 9.17) is 0 Å².